The number of aliphatic hydroxyl groups is 1. The number of aromatic nitrogens is 1. The van der Waals surface area contributed by atoms with Crippen molar-refractivity contribution in [3.8, 4) is 5.75 Å². The highest BCUT2D eigenvalue weighted by atomic mass is 35.5. The summed E-state index contributed by atoms with van der Waals surface area (Å²) in [4.78, 5) is 14.8. The topological polar surface area (TPSA) is 54.7 Å². The van der Waals surface area contributed by atoms with Crippen LogP contribution in [0.25, 0.3) is 10.9 Å². The van der Waals surface area contributed by atoms with Gasteiger partial charge in [-0.25, -0.2) is 0 Å². The maximum absolute atomic E-state index is 13.1. The van der Waals surface area contributed by atoms with Crippen LogP contribution in [0.5, 0.6) is 5.75 Å². The van der Waals surface area contributed by atoms with Crippen LogP contribution in [0.2, 0.25) is 5.02 Å². The Bertz CT molecular complexity index is 1100. The smallest absolute Gasteiger partial charge is 0.227 e. The lowest BCUT2D eigenvalue weighted by Crippen LogP contribution is -2.53. The number of amides is 1. The van der Waals surface area contributed by atoms with E-state index in [0.29, 0.717) is 25.1 Å². The lowest BCUT2D eigenvalue weighted by Gasteiger charge is -2.39. The number of hydrogen-bond acceptors (Lipinski definition) is 3. The third-order valence-electron chi connectivity index (χ3n) is 6.15. The van der Waals surface area contributed by atoms with Gasteiger partial charge in [-0.2, -0.15) is 0 Å². The molecule has 0 spiro atoms. The van der Waals surface area contributed by atoms with Crippen molar-refractivity contribution in [3.63, 3.8) is 0 Å². The Morgan fingerprint density at radius 3 is 2.68 bits per heavy atom. The van der Waals surface area contributed by atoms with Crippen molar-refractivity contribution < 1.29 is 14.6 Å². The quantitative estimate of drug-likeness (QED) is 0.638. The molecule has 4 rings (SSSR count). The van der Waals surface area contributed by atoms with Gasteiger partial charge in [0.2, 0.25) is 5.91 Å². The number of fused-ring (bicyclic) bond motifs is 1. The van der Waals surface area contributed by atoms with Crippen LogP contribution in [0.15, 0.2) is 42.6 Å². The average molecular weight is 441 g/mol. The number of piperidine rings is 1. The number of likely N-dealkylation sites (tertiary alicyclic amines) is 1. The van der Waals surface area contributed by atoms with Crippen LogP contribution in [0, 0.1) is 13.8 Å². The number of hydrogen-bond donors (Lipinski definition) is 1. The summed E-state index contributed by atoms with van der Waals surface area (Å²) in [7, 11) is 1.99. The highest BCUT2D eigenvalue weighted by Gasteiger charge is 2.36. The summed E-state index contributed by atoms with van der Waals surface area (Å²) in [6.07, 6.45) is 3.71. The number of ether oxygens (including phenoxy) is 1. The predicted octanol–water partition coefficient (Wildman–Crippen LogP) is 4.42. The van der Waals surface area contributed by atoms with Gasteiger partial charge in [-0.15, -0.1) is 0 Å². The molecule has 1 aromatic heterocycles. The summed E-state index contributed by atoms with van der Waals surface area (Å²) in [6, 6.07) is 11.9. The molecule has 1 amide bonds. The maximum Gasteiger partial charge on any atom is 0.227 e. The van der Waals surface area contributed by atoms with E-state index < -0.39 is 5.60 Å². The summed E-state index contributed by atoms with van der Waals surface area (Å²) in [6.45, 7) is 4.95. The van der Waals surface area contributed by atoms with E-state index in [4.69, 9.17) is 16.3 Å². The molecular formula is C25H29ClN2O3. The van der Waals surface area contributed by atoms with Gasteiger partial charge in [0.15, 0.2) is 0 Å². The highest BCUT2D eigenvalue weighted by molar-refractivity contribution is 6.32. The number of rotatable bonds is 5. The van der Waals surface area contributed by atoms with E-state index in [0.717, 1.165) is 39.0 Å². The molecule has 164 valence electrons. The number of para-hydroxylation sites is 1. The zero-order valence-electron chi connectivity index (χ0n) is 18.3. The summed E-state index contributed by atoms with van der Waals surface area (Å²) in [5.74, 6) is 0.722. The maximum atomic E-state index is 13.1. The Balaban J connectivity index is 1.43. The van der Waals surface area contributed by atoms with Crippen LogP contribution in [-0.2, 0) is 18.3 Å². The molecule has 2 heterocycles. The number of β-amino-alcohol motifs (C(OH)–C–C–N with tert-alkyl or cyclic N) is 1. The summed E-state index contributed by atoms with van der Waals surface area (Å²) in [5.41, 5.74) is 2.95. The standard InChI is InChI=1S/C25H29ClN2O3/c1-17-11-20(12-18(2)24(17)26)31-16-25(30)9-6-10-28(15-25)23(29)13-19-14-27(3)22-8-5-4-7-21(19)22/h4-5,7-8,11-12,14,30H,6,9-10,13,15-16H2,1-3H3. The molecule has 1 unspecified atom stereocenters. The van der Waals surface area contributed by atoms with Gasteiger partial charge < -0.3 is 19.3 Å². The fourth-order valence-electron chi connectivity index (χ4n) is 4.49. The van der Waals surface area contributed by atoms with Crippen molar-refractivity contribution in [1.82, 2.24) is 9.47 Å². The molecule has 1 atom stereocenters. The van der Waals surface area contributed by atoms with Gasteiger partial charge >= 0.3 is 0 Å². The van der Waals surface area contributed by atoms with Crippen LogP contribution in [-0.4, -0.2) is 45.8 Å². The van der Waals surface area contributed by atoms with E-state index >= 15 is 0 Å². The monoisotopic (exact) mass is 440 g/mol. The molecule has 0 radical (unpaired) electrons. The van der Waals surface area contributed by atoms with E-state index in [2.05, 4.69) is 16.7 Å². The Labute approximate surface area is 188 Å². The van der Waals surface area contributed by atoms with Crippen molar-refractivity contribution in [3.05, 3.63) is 64.3 Å². The molecule has 31 heavy (non-hydrogen) atoms. The van der Waals surface area contributed by atoms with Gasteiger partial charge in [-0.1, -0.05) is 29.8 Å². The second-order valence-corrected chi connectivity index (χ2v) is 9.14. The SMILES string of the molecule is Cc1cc(OCC2(O)CCCN(C(=O)Cc3cn(C)c4ccccc34)C2)cc(C)c1Cl. The molecule has 2 aromatic carbocycles. The van der Waals surface area contributed by atoms with E-state index in [9.17, 15) is 9.90 Å². The van der Waals surface area contributed by atoms with Gasteiger partial charge in [-0.3, -0.25) is 4.79 Å². The minimum Gasteiger partial charge on any atom is -0.491 e. The lowest BCUT2D eigenvalue weighted by molar-refractivity contribution is -0.139. The third-order valence-corrected chi connectivity index (χ3v) is 6.74. The second-order valence-electron chi connectivity index (χ2n) is 8.76. The van der Waals surface area contributed by atoms with E-state index in [1.54, 1.807) is 4.90 Å². The molecule has 6 heteroatoms. The van der Waals surface area contributed by atoms with Gasteiger partial charge in [0.1, 0.15) is 18.0 Å². The Kier molecular flexibility index (Phi) is 6.00. The zero-order valence-corrected chi connectivity index (χ0v) is 19.1. The molecule has 0 aliphatic carbocycles. The highest BCUT2D eigenvalue weighted by Crippen LogP contribution is 2.29. The predicted molar refractivity (Wildman–Crippen MR) is 124 cm³/mol. The van der Waals surface area contributed by atoms with Crippen LogP contribution in [0.4, 0.5) is 0 Å². The fourth-order valence-corrected chi connectivity index (χ4v) is 4.60. The average Bonchev–Trinajstić information content (AvgIpc) is 3.06. The van der Waals surface area contributed by atoms with Crippen LogP contribution in [0.3, 0.4) is 0 Å². The van der Waals surface area contributed by atoms with Crippen LogP contribution >= 0.6 is 11.6 Å². The lowest BCUT2D eigenvalue weighted by atomic mass is 9.93. The first-order chi connectivity index (χ1) is 14.8. The molecule has 1 fully saturated rings. The van der Waals surface area contributed by atoms with Crippen molar-refractivity contribution in [1.29, 1.82) is 0 Å². The molecule has 5 nitrogen and oxygen atoms in total. The van der Waals surface area contributed by atoms with E-state index in [1.165, 1.54) is 0 Å². The second kappa shape index (κ2) is 8.56. The molecule has 1 aliphatic heterocycles. The summed E-state index contributed by atoms with van der Waals surface area (Å²) in [5, 5.41) is 13.0. The normalized spacial score (nSPS) is 19.1. The number of aryl methyl sites for hydroxylation is 3. The molecule has 1 saturated heterocycles. The first-order valence-electron chi connectivity index (χ1n) is 10.7. The molecule has 1 aliphatic rings. The molecule has 3 aromatic rings. The van der Waals surface area contributed by atoms with E-state index in [-0.39, 0.29) is 19.1 Å². The van der Waals surface area contributed by atoms with Crippen molar-refractivity contribution in [2.24, 2.45) is 7.05 Å². The van der Waals surface area contributed by atoms with Gasteiger partial charge in [-0.05, 0) is 61.6 Å². The first kappa shape index (κ1) is 21.7. The van der Waals surface area contributed by atoms with Crippen molar-refractivity contribution >= 4 is 28.4 Å². The van der Waals surface area contributed by atoms with Gasteiger partial charge in [0.05, 0.1) is 13.0 Å². The number of halogens is 1. The minimum absolute atomic E-state index is 0.0349. The van der Waals surface area contributed by atoms with Gasteiger partial charge in [0, 0.05) is 35.7 Å². The van der Waals surface area contributed by atoms with Gasteiger partial charge in [0.25, 0.3) is 0 Å². The Morgan fingerprint density at radius 2 is 1.94 bits per heavy atom. The Hall–Kier alpha value is -2.50. The minimum atomic E-state index is -1.06. The third kappa shape index (κ3) is 4.58. The number of nitrogens with zero attached hydrogens (tertiary/aromatic N) is 2. The Morgan fingerprint density at radius 1 is 1.23 bits per heavy atom. The van der Waals surface area contributed by atoms with Crippen LogP contribution in [0.1, 0.15) is 29.5 Å². The zero-order chi connectivity index (χ0) is 22.2. The molecular weight excluding hydrogens is 412 g/mol. The number of carbonyl (C=O) groups is 1. The summed E-state index contributed by atoms with van der Waals surface area (Å²) < 4.78 is 7.97. The van der Waals surface area contributed by atoms with Crippen molar-refractivity contribution in [2.45, 2.75) is 38.7 Å². The first-order valence-corrected chi connectivity index (χ1v) is 11.1. The summed E-state index contributed by atoms with van der Waals surface area (Å²) >= 11 is 6.23. The molecule has 1 N–H and O–H groups in total. The largest absolute Gasteiger partial charge is 0.491 e. The molecule has 0 saturated carbocycles. The number of carbonyl (C=O) groups excluding carboxylic acids is 1. The van der Waals surface area contributed by atoms with Crippen molar-refractivity contribution in [2.75, 3.05) is 19.7 Å². The van der Waals surface area contributed by atoms with E-state index in [1.807, 2.05) is 51.4 Å². The fraction of sp³-hybridized carbons (Fsp3) is 0.400. The number of benzene rings is 2. The van der Waals surface area contributed by atoms with Crippen LogP contribution < -0.4 is 4.74 Å². The molecule has 0 bridgehead atoms.